The molecule has 5 rings (SSSR count). The van der Waals surface area contributed by atoms with Gasteiger partial charge in [0.05, 0.1) is 6.04 Å². The minimum Gasteiger partial charge on any atom is -0.346 e. The van der Waals surface area contributed by atoms with Gasteiger partial charge < -0.3 is 4.57 Å². The number of nitrogens with one attached hydrogen (secondary N) is 2. The highest BCUT2D eigenvalue weighted by Crippen LogP contribution is 2.42. The largest absolute Gasteiger partial charge is 0.346 e. The second-order valence-corrected chi connectivity index (χ2v) is 7.84. The topological polar surface area (TPSA) is 29.0 Å². The van der Waals surface area contributed by atoms with Crippen molar-refractivity contribution >= 4 is 10.9 Å². The van der Waals surface area contributed by atoms with E-state index in [-0.39, 0.29) is 0 Å². The third kappa shape index (κ3) is 2.10. The highest BCUT2D eigenvalue weighted by atomic mass is 15.4. The Kier molecular flexibility index (Phi) is 3.27. The molecule has 2 unspecified atom stereocenters. The lowest BCUT2D eigenvalue weighted by molar-refractivity contribution is 0.403. The van der Waals surface area contributed by atoms with Crippen LogP contribution < -0.4 is 10.9 Å². The van der Waals surface area contributed by atoms with Crippen molar-refractivity contribution in [2.45, 2.75) is 56.9 Å². The molecule has 3 heteroatoms. The monoisotopic (exact) mass is 309 g/mol. The van der Waals surface area contributed by atoms with Crippen LogP contribution in [0, 0.1) is 5.92 Å². The molecule has 0 spiro atoms. The highest BCUT2D eigenvalue weighted by Gasteiger charge is 2.36. The van der Waals surface area contributed by atoms with Gasteiger partial charge in [0.15, 0.2) is 0 Å². The standard InChI is InChI=1S/C20H27N3/c1-23-18-10-8-14(13-5-3-2-4-6-13)11-17(18)16-9-7-15-12-21-22-19(15)20(16)23/h8,10-11,13,15,19,21-22H,2-7,9,12H2,1H3. The summed E-state index contributed by atoms with van der Waals surface area (Å²) < 4.78 is 2.45. The molecule has 1 aliphatic heterocycles. The van der Waals surface area contributed by atoms with Crippen LogP contribution in [0.5, 0.6) is 0 Å². The molecular formula is C20H27N3. The maximum atomic E-state index is 3.52. The van der Waals surface area contributed by atoms with E-state index in [1.807, 2.05) is 0 Å². The molecule has 3 nitrogen and oxygen atoms in total. The van der Waals surface area contributed by atoms with Gasteiger partial charge in [-0.3, -0.25) is 5.43 Å². The highest BCUT2D eigenvalue weighted by molar-refractivity contribution is 5.87. The number of hydrogen-bond acceptors (Lipinski definition) is 2. The Bertz CT molecular complexity index is 739. The van der Waals surface area contributed by atoms with Crippen LogP contribution in [0.3, 0.4) is 0 Å². The third-order valence-corrected chi connectivity index (χ3v) is 6.61. The first-order valence-electron chi connectivity index (χ1n) is 9.42. The second-order valence-electron chi connectivity index (χ2n) is 7.84. The summed E-state index contributed by atoms with van der Waals surface area (Å²) in [5.41, 5.74) is 13.0. The van der Waals surface area contributed by atoms with Crippen molar-refractivity contribution in [1.82, 2.24) is 15.4 Å². The smallest absolute Gasteiger partial charge is 0.0658 e. The van der Waals surface area contributed by atoms with E-state index in [9.17, 15) is 0 Å². The molecule has 0 amide bonds. The van der Waals surface area contributed by atoms with Crippen LogP contribution in [0.2, 0.25) is 0 Å². The third-order valence-electron chi connectivity index (χ3n) is 6.61. The summed E-state index contributed by atoms with van der Waals surface area (Å²) in [7, 11) is 2.25. The summed E-state index contributed by atoms with van der Waals surface area (Å²) in [5, 5.41) is 1.53. The number of fused-ring (bicyclic) bond motifs is 5. The molecule has 2 N–H and O–H groups in total. The second kappa shape index (κ2) is 5.35. The predicted octanol–water partition coefficient (Wildman–Crippen LogP) is 3.94. The molecule has 2 atom stereocenters. The number of aromatic nitrogens is 1. The van der Waals surface area contributed by atoms with Crippen molar-refractivity contribution in [2.24, 2.45) is 13.0 Å². The Labute approximate surface area is 138 Å². The lowest BCUT2D eigenvalue weighted by Crippen LogP contribution is -2.28. The summed E-state index contributed by atoms with van der Waals surface area (Å²) in [6.07, 6.45) is 9.58. The molecule has 2 heterocycles. The van der Waals surface area contributed by atoms with Gasteiger partial charge in [-0.2, -0.15) is 0 Å². The quantitative estimate of drug-likeness (QED) is 0.835. The van der Waals surface area contributed by atoms with Crippen LogP contribution >= 0.6 is 0 Å². The average molecular weight is 309 g/mol. The van der Waals surface area contributed by atoms with E-state index in [1.54, 1.807) is 11.1 Å². The Morgan fingerprint density at radius 3 is 2.83 bits per heavy atom. The number of benzene rings is 1. The molecule has 122 valence electrons. The zero-order valence-electron chi connectivity index (χ0n) is 14.1. The number of nitrogens with zero attached hydrogens (tertiary/aromatic N) is 1. The van der Waals surface area contributed by atoms with Gasteiger partial charge in [-0.15, -0.1) is 0 Å². The van der Waals surface area contributed by atoms with Gasteiger partial charge >= 0.3 is 0 Å². The van der Waals surface area contributed by atoms with E-state index in [1.165, 1.54) is 61.5 Å². The Morgan fingerprint density at radius 1 is 1.09 bits per heavy atom. The lowest BCUT2D eigenvalue weighted by Gasteiger charge is -2.26. The van der Waals surface area contributed by atoms with Crippen molar-refractivity contribution in [3.05, 3.63) is 35.0 Å². The van der Waals surface area contributed by atoms with Crippen molar-refractivity contribution < 1.29 is 0 Å². The van der Waals surface area contributed by atoms with Gasteiger partial charge in [0.1, 0.15) is 0 Å². The Morgan fingerprint density at radius 2 is 1.96 bits per heavy atom. The normalized spacial score (nSPS) is 28.0. The van der Waals surface area contributed by atoms with Crippen molar-refractivity contribution in [3.63, 3.8) is 0 Å². The molecule has 2 aromatic rings. The SMILES string of the molecule is Cn1c2c(c3cc(C4CCCCC4)ccc31)CCC1CNNC21. The summed E-state index contributed by atoms with van der Waals surface area (Å²) in [6, 6.07) is 7.82. The van der Waals surface area contributed by atoms with Crippen LogP contribution in [0.4, 0.5) is 0 Å². The van der Waals surface area contributed by atoms with Gasteiger partial charge in [0, 0.05) is 30.2 Å². The van der Waals surface area contributed by atoms with Gasteiger partial charge in [0.2, 0.25) is 0 Å². The van der Waals surface area contributed by atoms with Crippen LogP contribution in [0.1, 0.15) is 67.3 Å². The van der Waals surface area contributed by atoms with Crippen LogP contribution in [0.15, 0.2) is 18.2 Å². The molecule has 0 radical (unpaired) electrons. The summed E-state index contributed by atoms with van der Waals surface area (Å²) in [5.74, 6) is 1.55. The molecule has 3 aliphatic rings. The van der Waals surface area contributed by atoms with Gasteiger partial charge in [0.25, 0.3) is 0 Å². The molecule has 1 saturated carbocycles. The molecule has 1 saturated heterocycles. The first-order valence-corrected chi connectivity index (χ1v) is 9.42. The summed E-state index contributed by atoms with van der Waals surface area (Å²) in [4.78, 5) is 0. The molecular weight excluding hydrogens is 282 g/mol. The summed E-state index contributed by atoms with van der Waals surface area (Å²) >= 11 is 0. The molecule has 2 fully saturated rings. The van der Waals surface area contributed by atoms with Crippen molar-refractivity contribution in [1.29, 1.82) is 0 Å². The van der Waals surface area contributed by atoms with Crippen molar-refractivity contribution in [2.75, 3.05) is 6.54 Å². The fraction of sp³-hybridized carbons (Fsp3) is 0.600. The zero-order valence-corrected chi connectivity index (χ0v) is 14.1. The number of aryl methyl sites for hydroxylation is 2. The zero-order chi connectivity index (χ0) is 15.4. The molecule has 1 aromatic carbocycles. The summed E-state index contributed by atoms with van der Waals surface area (Å²) in [6.45, 7) is 1.11. The Balaban J connectivity index is 1.63. The van der Waals surface area contributed by atoms with Crippen LogP contribution in [-0.2, 0) is 13.5 Å². The maximum Gasteiger partial charge on any atom is 0.0658 e. The maximum absolute atomic E-state index is 3.52. The van der Waals surface area contributed by atoms with E-state index in [2.05, 4.69) is 40.7 Å². The number of hydrogen-bond donors (Lipinski definition) is 2. The molecule has 0 bridgehead atoms. The minimum atomic E-state index is 0.495. The van der Waals surface area contributed by atoms with Gasteiger partial charge in [-0.1, -0.05) is 25.3 Å². The van der Waals surface area contributed by atoms with Gasteiger partial charge in [-0.05, 0) is 60.8 Å². The lowest BCUT2D eigenvalue weighted by atomic mass is 9.82. The fourth-order valence-corrected chi connectivity index (χ4v) is 5.33. The minimum absolute atomic E-state index is 0.495. The predicted molar refractivity (Wildman–Crippen MR) is 94.4 cm³/mol. The van der Waals surface area contributed by atoms with E-state index in [0.29, 0.717) is 6.04 Å². The molecule has 23 heavy (non-hydrogen) atoms. The van der Waals surface area contributed by atoms with E-state index in [0.717, 1.165) is 18.4 Å². The van der Waals surface area contributed by atoms with Gasteiger partial charge in [-0.25, -0.2) is 5.43 Å². The number of hydrazine groups is 1. The first kappa shape index (κ1) is 14.1. The first-order chi connectivity index (χ1) is 11.3. The average Bonchev–Trinajstić information content (AvgIpc) is 3.18. The number of rotatable bonds is 1. The van der Waals surface area contributed by atoms with E-state index in [4.69, 9.17) is 0 Å². The van der Waals surface area contributed by atoms with E-state index >= 15 is 0 Å². The Hall–Kier alpha value is -1.32. The van der Waals surface area contributed by atoms with E-state index < -0.39 is 0 Å². The molecule has 1 aromatic heterocycles. The van der Waals surface area contributed by atoms with Crippen molar-refractivity contribution in [3.8, 4) is 0 Å². The van der Waals surface area contributed by atoms with Crippen LogP contribution in [0.25, 0.3) is 10.9 Å². The fourth-order valence-electron chi connectivity index (χ4n) is 5.33. The van der Waals surface area contributed by atoms with Crippen LogP contribution in [-0.4, -0.2) is 11.1 Å². The molecule has 2 aliphatic carbocycles.